The zero-order valence-corrected chi connectivity index (χ0v) is 18.8. The number of hydrogen-bond donors (Lipinski definition) is 7. The number of aldehydes is 1. The topological polar surface area (TPSA) is 201 Å². The van der Waals surface area contributed by atoms with Crippen LogP contribution in [0.25, 0.3) is 0 Å². The lowest BCUT2D eigenvalue weighted by Gasteiger charge is -2.13. The minimum absolute atomic E-state index is 0. The minimum Gasteiger partial charge on any atom is -0.412 e. The van der Waals surface area contributed by atoms with Crippen LogP contribution in [0.15, 0.2) is 0 Å². The summed E-state index contributed by atoms with van der Waals surface area (Å²) in [5, 5.41) is 27.3. The minimum atomic E-state index is -1.54. The van der Waals surface area contributed by atoms with Gasteiger partial charge in [-0.1, -0.05) is 12.8 Å². The summed E-state index contributed by atoms with van der Waals surface area (Å²) < 4.78 is 0. The van der Waals surface area contributed by atoms with Gasteiger partial charge in [-0.3, -0.25) is 15.0 Å². The van der Waals surface area contributed by atoms with Gasteiger partial charge in [0.15, 0.2) is 5.96 Å². The second-order valence-corrected chi connectivity index (χ2v) is 6.18. The van der Waals surface area contributed by atoms with Crippen LogP contribution in [0.2, 0.25) is 0 Å². The van der Waals surface area contributed by atoms with Crippen LogP contribution in [0.3, 0.4) is 0 Å². The summed E-state index contributed by atoms with van der Waals surface area (Å²) in [4.78, 5) is 33.5. The third-order valence-corrected chi connectivity index (χ3v) is 3.71. The monoisotopic (exact) mass is 476 g/mol. The van der Waals surface area contributed by atoms with E-state index in [-0.39, 0.29) is 48.6 Å². The standard InChI is InChI=1S/C17H34N6O4.2ClH.H2O/c18-17(19)22-12-4-2-1-3-8-14(25)23-16(27)15(26)21-11-6-5-9-20-10-7-13-24;;;/h13,16,20,27H,1-12H2,(H,21,26)(H,23,25)(H4,18,19,22);2*1H;1H2. The first kappa shape index (κ1) is 35.8. The SMILES string of the molecule is Cl.Cl.N=C(N)NCCCCCCC(=O)NC(O)C(=O)NCCCCNCCC=O.O. The molecule has 0 heterocycles. The van der Waals surface area contributed by atoms with E-state index >= 15 is 0 Å². The predicted octanol–water partition coefficient (Wildman–Crippen LogP) is -1.05. The number of guanidine groups is 1. The summed E-state index contributed by atoms with van der Waals surface area (Å²) in [6, 6.07) is 0. The van der Waals surface area contributed by atoms with E-state index < -0.39 is 12.1 Å². The molecule has 0 radical (unpaired) electrons. The highest BCUT2D eigenvalue weighted by molar-refractivity contribution is 5.86. The molecule has 11 nitrogen and oxygen atoms in total. The number of nitrogens with two attached hydrogens (primary N) is 1. The van der Waals surface area contributed by atoms with E-state index in [1.165, 1.54) is 0 Å². The van der Waals surface area contributed by atoms with E-state index in [1.54, 1.807) is 0 Å². The Bertz CT molecular complexity index is 460. The van der Waals surface area contributed by atoms with Gasteiger partial charge in [0.25, 0.3) is 5.91 Å². The van der Waals surface area contributed by atoms with Gasteiger partial charge in [-0.25, -0.2) is 0 Å². The molecule has 0 saturated heterocycles. The van der Waals surface area contributed by atoms with Gasteiger partial charge in [0.2, 0.25) is 12.1 Å². The fourth-order valence-corrected chi connectivity index (χ4v) is 2.25. The maximum Gasteiger partial charge on any atom is 0.269 e. The average Bonchev–Trinajstić information content (AvgIpc) is 2.62. The maximum atomic E-state index is 11.7. The van der Waals surface area contributed by atoms with Crippen LogP contribution in [-0.2, 0) is 14.4 Å². The van der Waals surface area contributed by atoms with E-state index in [2.05, 4.69) is 21.3 Å². The third-order valence-electron chi connectivity index (χ3n) is 3.71. The van der Waals surface area contributed by atoms with Crippen LogP contribution in [0, 0.1) is 5.41 Å². The number of nitrogens with one attached hydrogen (secondary N) is 5. The molecule has 0 aliphatic carbocycles. The van der Waals surface area contributed by atoms with Crippen molar-refractivity contribution in [3.63, 3.8) is 0 Å². The summed E-state index contributed by atoms with van der Waals surface area (Å²) >= 11 is 0. The zero-order valence-electron chi connectivity index (χ0n) is 17.2. The molecule has 0 aliphatic heterocycles. The van der Waals surface area contributed by atoms with Gasteiger partial charge in [-0.2, -0.15) is 0 Å². The lowest BCUT2D eigenvalue weighted by atomic mass is 10.1. The molecule has 0 aliphatic rings. The number of hydrogen-bond acceptors (Lipinski definition) is 6. The molecule has 0 aromatic heterocycles. The molecule has 0 aromatic carbocycles. The van der Waals surface area contributed by atoms with Gasteiger partial charge in [0.05, 0.1) is 0 Å². The second kappa shape index (κ2) is 25.4. The van der Waals surface area contributed by atoms with Crippen LogP contribution in [0.1, 0.15) is 51.4 Å². The molecule has 13 heteroatoms. The van der Waals surface area contributed by atoms with Crippen molar-refractivity contribution < 1.29 is 25.0 Å². The first-order valence-electron chi connectivity index (χ1n) is 9.44. The number of aliphatic hydroxyl groups excluding tert-OH is 1. The van der Waals surface area contributed by atoms with Gasteiger partial charge in [-0.15, -0.1) is 24.8 Å². The van der Waals surface area contributed by atoms with E-state index in [0.29, 0.717) is 32.5 Å². The molecule has 0 aromatic rings. The maximum absolute atomic E-state index is 11.7. The fourth-order valence-electron chi connectivity index (χ4n) is 2.25. The number of amides is 2. The highest BCUT2D eigenvalue weighted by atomic mass is 35.5. The fraction of sp³-hybridized carbons (Fsp3) is 0.765. The Balaban J connectivity index is -0.00000113. The number of carbonyl (C=O) groups excluding carboxylic acids is 3. The van der Waals surface area contributed by atoms with E-state index in [9.17, 15) is 19.5 Å². The van der Waals surface area contributed by atoms with Gasteiger partial charge in [-0.05, 0) is 32.2 Å². The Morgan fingerprint density at radius 3 is 2.13 bits per heavy atom. The Labute approximate surface area is 190 Å². The average molecular weight is 477 g/mol. The first-order chi connectivity index (χ1) is 13.0. The molecule has 180 valence electrons. The van der Waals surface area contributed by atoms with Crippen molar-refractivity contribution in [1.29, 1.82) is 5.41 Å². The number of aliphatic hydroxyl groups is 1. The summed E-state index contributed by atoms with van der Waals surface area (Å²) in [6.07, 6.45) is 4.89. The molecule has 1 unspecified atom stereocenters. The van der Waals surface area contributed by atoms with Crippen molar-refractivity contribution in [2.45, 2.75) is 57.6 Å². The molecule has 0 saturated carbocycles. The van der Waals surface area contributed by atoms with Crippen LogP contribution >= 0.6 is 24.8 Å². The number of halogens is 2. The number of carbonyl (C=O) groups is 3. The summed E-state index contributed by atoms with van der Waals surface area (Å²) in [5.41, 5.74) is 5.16. The molecular formula is C17H38Cl2N6O5. The highest BCUT2D eigenvalue weighted by Gasteiger charge is 2.16. The predicted molar refractivity (Wildman–Crippen MR) is 121 cm³/mol. The third kappa shape index (κ3) is 24.4. The number of unbranched alkanes of at least 4 members (excludes halogenated alkanes) is 4. The number of rotatable bonds is 17. The summed E-state index contributed by atoms with van der Waals surface area (Å²) in [6.45, 7) is 2.45. The molecule has 0 bridgehead atoms. The van der Waals surface area contributed by atoms with Gasteiger partial charge in [0, 0.05) is 32.5 Å². The summed E-state index contributed by atoms with van der Waals surface area (Å²) in [5.74, 6) is -1.03. The Morgan fingerprint density at radius 1 is 0.933 bits per heavy atom. The molecule has 0 rings (SSSR count). The zero-order chi connectivity index (χ0) is 20.3. The molecule has 30 heavy (non-hydrogen) atoms. The lowest BCUT2D eigenvalue weighted by Crippen LogP contribution is -2.46. The Kier molecular flexibility index (Phi) is 30.2. The largest absolute Gasteiger partial charge is 0.412 e. The normalized spacial score (nSPS) is 10.3. The van der Waals surface area contributed by atoms with Gasteiger partial charge < -0.3 is 42.4 Å². The van der Waals surface area contributed by atoms with E-state index in [0.717, 1.165) is 44.9 Å². The quantitative estimate of drug-likeness (QED) is 0.0455. The lowest BCUT2D eigenvalue weighted by molar-refractivity contribution is -0.136. The van der Waals surface area contributed by atoms with Crippen molar-refractivity contribution in [1.82, 2.24) is 21.3 Å². The van der Waals surface area contributed by atoms with Crippen LogP contribution in [0.4, 0.5) is 0 Å². The van der Waals surface area contributed by atoms with E-state index in [1.807, 2.05) is 0 Å². The Hall–Kier alpha value is -1.66. The van der Waals surface area contributed by atoms with Crippen molar-refractivity contribution in [3.8, 4) is 0 Å². The van der Waals surface area contributed by atoms with Crippen LogP contribution in [-0.4, -0.2) is 67.0 Å². The van der Waals surface area contributed by atoms with Crippen molar-refractivity contribution in [2.75, 3.05) is 26.2 Å². The molecule has 1 atom stereocenters. The molecule has 10 N–H and O–H groups in total. The van der Waals surface area contributed by atoms with Crippen molar-refractivity contribution in [3.05, 3.63) is 0 Å². The molecule has 0 spiro atoms. The van der Waals surface area contributed by atoms with Gasteiger partial charge >= 0.3 is 0 Å². The smallest absolute Gasteiger partial charge is 0.269 e. The van der Waals surface area contributed by atoms with E-state index in [4.69, 9.17) is 11.1 Å². The highest BCUT2D eigenvalue weighted by Crippen LogP contribution is 2.02. The molecule has 0 fully saturated rings. The second-order valence-electron chi connectivity index (χ2n) is 6.18. The molecule has 2 amide bonds. The Morgan fingerprint density at radius 2 is 1.50 bits per heavy atom. The first-order valence-corrected chi connectivity index (χ1v) is 9.44. The van der Waals surface area contributed by atoms with Crippen LogP contribution in [0.5, 0.6) is 0 Å². The van der Waals surface area contributed by atoms with Crippen LogP contribution < -0.4 is 27.0 Å². The summed E-state index contributed by atoms with van der Waals surface area (Å²) in [7, 11) is 0. The van der Waals surface area contributed by atoms with Crippen molar-refractivity contribution in [2.24, 2.45) is 5.73 Å². The molecular weight excluding hydrogens is 439 g/mol. The van der Waals surface area contributed by atoms with Gasteiger partial charge in [0.1, 0.15) is 6.29 Å². The van der Waals surface area contributed by atoms with Crippen molar-refractivity contribution >= 4 is 48.9 Å².